The van der Waals surface area contributed by atoms with E-state index in [4.69, 9.17) is 4.74 Å². The minimum atomic E-state index is 0.212. The number of nitrogens with zero attached hydrogens (tertiary/aromatic N) is 1. The number of pyridine rings is 1. The predicted molar refractivity (Wildman–Crippen MR) is 68.9 cm³/mol. The van der Waals surface area contributed by atoms with Crippen molar-refractivity contribution in [2.24, 2.45) is 0 Å². The fraction of sp³-hybridized carbons (Fsp3) is 0.357. The molecule has 86 valence electrons. The monoisotopic (exact) mass is 217 g/mol. The van der Waals surface area contributed by atoms with Crippen LogP contribution in [0.3, 0.4) is 0 Å². The van der Waals surface area contributed by atoms with E-state index in [0.717, 1.165) is 16.7 Å². The van der Waals surface area contributed by atoms with E-state index in [1.165, 1.54) is 0 Å². The Bertz CT molecular complexity index is 437. The van der Waals surface area contributed by atoms with Crippen molar-refractivity contribution in [1.29, 1.82) is 0 Å². The highest BCUT2D eigenvalue weighted by Crippen LogP contribution is 2.19. The summed E-state index contributed by atoms with van der Waals surface area (Å²) in [6.07, 6.45) is 2.01. The van der Waals surface area contributed by atoms with Crippen molar-refractivity contribution in [3.05, 3.63) is 36.5 Å². The van der Waals surface area contributed by atoms with Crippen LogP contribution < -0.4 is 4.74 Å². The van der Waals surface area contributed by atoms with E-state index in [1.54, 1.807) is 6.20 Å². The molecule has 0 aliphatic carbocycles. The number of hydrogen-bond donors (Lipinski definition) is 0. The molecule has 0 N–H and O–H groups in total. The summed E-state index contributed by atoms with van der Waals surface area (Å²) in [5, 5.41) is 1.12. The highest BCUT2D eigenvalue weighted by Gasteiger charge is 1.99. The van der Waals surface area contributed by atoms with Gasteiger partial charge >= 0.3 is 0 Å². The summed E-state index contributed by atoms with van der Waals surface area (Å²) in [5.74, 6) is 0.903. The van der Waals surface area contributed by atoms with Crippen LogP contribution >= 0.6 is 0 Å². The normalized spacial score (nSPS) is 9.81. The molecule has 0 amide bonds. The summed E-state index contributed by atoms with van der Waals surface area (Å²) in [4.78, 5) is 4.25. The standard InChI is InChI=1S/C12H13NO.C2H6/c1-9(2)14-11-5-6-12-10(8-11)4-3-7-13-12;1-2/h3-9H,1-2H3;1-2H3. The van der Waals surface area contributed by atoms with Gasteiger partial charge in [-0.3, -0.25) is 4.98 Å². The zero-order valence-electron chi connectivity index (χ0n) is 10.4. The minimum Gasteiger partial charge on any atom is -0.491 e. The van der Waals surface area contributed by atoms with Crippen LogP contribution in [0.2, 0.25) is 0 Å². The number of aromatic nitrogens is 1. The lowest BCUT2D eigenvalue weighted by molar-refractivity contribution is 0.243. The largest absolute Gasteiger partial charge is 0.491 e. The third-order valence-electron chi connectivity index (χ3n) is 1.95. The van der Waals surface area contributed by atoms with Crippen molar-refractivity contribution < 1.29 is 4.74 Å². The average Bonchev–Trinajstić information content (AvgIpc) is 2.31. The Morgan fingerprint density at radius 3 is 2.56 bits per heavy atom. The van der Waals surface area contributed by atoms with Crippen molar-refractivity contribution in [3.8, 4) is 5.75 Å². The molecule has 0 aliphatic heterocycles. The van der Waals surface area contributed by atoms with Crippen LogP contribution in [0.15, 0.2) is 36.5 Å². The maximum Gasteiger partial charge on any atom is 0.120 e. The first-order chi connectivity index (χ1) is 7.75. The Hall–Kier alpha value is -1.57. The van der Waals surface area contributed by atoms with Gasteiger partial charge in [-0.15, -0.1) is 0 Å². The van der Waals surface area contributed by atoms with Gasteiger partial charge in [0, 0.05) is 11.6 Å². The van der Waals surface area contributed by atoms with Gasteiger partial charge in [0.2, 0.25) is 0 Å². The molecule has 2 heteroatoms. The van der Waals surface area contributed by atoms with Crippen molar-refractivity contribution in [2.45, 2.75) is 33.8 Å². The summed E-state index contributed by atoms with van der Waals surface area (Å²) in [6.45, 7) is 8.04. The summed E-state index contributed by atoms with van der Waals surface area (Å²) in [6, 6.07) is 9.92. The molecule has 1 heterocycles. The Morgan fingerprint density at radius 2 is 1.88 bits per heavy atom. The molecule has 0 unspecified atom stereocenters. The summed E-state index contributed by atoms with van der Waals surface area (Å²) in [7, 11) is 0. The first-order valence-corrected chi connectivity index (χ1v) is 5.77. The molecule has 2 nitrogen and oxygen atoms in total. The van der Waals surface area contributed by atoms with E-state index >= 15 is 0 Å². The lowest BCUT2D eigenvalue weighted by atomic mass is 10.2. The molecule has 0 atom stereocenters. The number of hydrogen-bond acceptors (Lipinski definition) is 2. The molecular weight excluding hydrogens is 198 g/mol. The number of fused-ring (bicyclic) bond motifs is 1. The Kier molecular flexibility index (Phi) is 4.77. The number of ether oxygens (including phenoxy) is 1. The second-order valence-corrected chi connectivity index (χ2v) is 3.52. The molecule has 1 aromatic heterocycles. The zero-order valence-corrected chi connectivity index (χ0v) is 10.4. The summed E-state index contributed by atoms with van der Waals surface area (Å²) in [5.41, 5.74) is 1.00. The van der Waals surface area contributed by atoms with E-state index in [9.17, 15) is 0 Å². The number of benzene rings is 1. The lowest BCUT2D eigenvalue weighted by Crippen LogP contribution is -2.05. The maximum absolute atomic E-state index is 5.59. The van der Waals surface area contributed by atoms with Gasteiger partial charge in [-0.05, 0) is 38.1 Å². The highest BCUT2D eigenvalue weighted by molar-refractivity contribution is 5.79. The molecule has 0 spiro atoms. The lowest BCUT2D eigenvalue weighted by Gasteiger charge is -2.09. The van der Waals surface area contributed by atoms with Crippen LogP contribution in [0.1, 0.15) is 27.7 Å². The molecule has 0 radical (unpaired) electrons. The fourth-order valence-electron chi connectivity index (χ4n) is 1.40. The van der Waals surface area contributed by atoms with Gasteiger partial charge in [0.1, 0.15) is 5.75 Å². The molecule has 16 heavy (non-hydrogen) atoms. The van der Waals surface area contributed by atoms with Gasteiger partial charge in [-0.2, -0.15) is 0 Å². The van der Waals surface area contributed by atoms with Gasteiger partial charge < -0.3 is 4.74 Å². The van der Waals surface area contributed by atoms with E-state index in [0.29, 0.717) is 0 Å². The first kappa shape index (κ1) is 12.5. The zero-order chi connectivity index (χ0) is 12.0. The Labute approximate surface area is 97.3 Å². The average molecular weight is 217 g/mol. The third kappa shape index (κ3) is 3.23. The van der Waals surface area contributed by atoms with Crippen LogP contribution in [0, 0.1) is 0 Å². The molecule has 0 fully saturated rings. The van der Waals surface area contributed by atoms with Gasteiger partial charge in [-0.1, -0.05) is 19.9 Å². The van der Waals surface area contributed by atoms with E-state index < -0.39 is 0 Å². The second-order valence-electron chi connectivity index (χ2n) is 3.52. The summed E-state index contributed by atoms with van der Waals surface area (Å²) >= 11 is 0. The molecule has 2 rings (SSSR count). The van der Waals surface area contributed by atoms with Gasteiger partial charge in [0.05, 0.1) is 11.6 Å². The van der Waals surface area contributed by atoms with E-state index in [2.05, 4.69) is 4.98 Å². The van der Waals surface area contributed by atoms with Crippen molar-refractivity contribution in [3.63, 3.8) is 0 Å². The SMILES string of the molecule is CC.CC(C)Oc1ccc2ncccc2c1. The van der Waals surface area contributed by atoms with Gasteiger partial charge in [0.25, 0.3) is 0 Å². The molecule has 0 saturated heterocycles. The highest BCUT2D eigenvalue weighted by atomic mass is 16.5. The Morgan fingerprint density at radius 1 is 1.12 bits per heavy atom. The third-order valence-corrected chi connectivity index (χ3v) is 1.95. The minimum absolute atomic E-state index is 0.212. The van der Waals surface area contributed by atoms with Crippen LogP contribution in [-0.4, -0.2) is 11.1 Å². The molecular formula is C14H19NO. The second kappa shape index (κ2) is 6.11. The number of rotatable bonds is 2. The smallest absolute Gasteiger partial charge is 0.120 e. The Balaban J connectivity index is 0.000000606. The molecule has 0 aliphatic rings. The van der Waals surface area contributed by atoms with Crippen LogP contribution in [0.5, 0.6) is 5.75 Å². The van der Waals surface area contributed by atoms with E-state index in [-0.39, 0.29) is 6.10 Å². The summed E-state index contributed by atoms with van der Waals surface area (Å²) < 4.78 is 5.59. The van der Waals surface area contributed by atoms with Crippen LogP contribution in [0.25, 0.3) is 10.9 Å². The quantitative estimate of drug-likeness (QED) is 0.757. The molecule has 0 bridgehead atoms. The maximum atomic E-state index is 5.59. The van der Waals surface area contributed by atoms with Crippen molar-refractivity contribution in [1.82, 2.24) is 4.98 Å². The van der Waals surface area contributed by atoms with Crippen LogP contribution in [0.4, 0.5) is 0 Å². The fourth-order valence-corrected chi connectivity index (χ4v) is 1.40. The molecule has 0 saturated carbocycles. The van der Waals surface area contributed by atoms with Gasteiger partial charge in [-0.25, -0.2) is 0 Å². The van der Waals surface area contributed by atoms with Gasteiger partial charge in [0.15, 0.2) is 0 Å². The molecule has 2 aromatic rings. The predicted octanol–water partition coefficient (Wildman–Crippen LogP) is 4.05. The van der Waals surface area contributed by atoms with Crippen molar-refractivity contribution >= 4 is 10.9 Å². The van der Waals surface area contributed by atoms with Crippen LogP contribution in [-0.2, 0) is 0 Å². The van der Waals surface area contributed by atoms with Crippen molar-refractivity contribution in [2.75, 3.05) is 0 Å². The first-order valence-electron chi connectivity index (χ1n) is 5.77. The molecule has 1 aromatic carbocycles. The topological polar surface area (TPSA) is 22.1 Å². The van der Waals surface area contributed by atoms with E-state index in [1.807, 2.05) is 58.0 Å².